The first-order chi connectivity index (χ1) is 16.8. The highest BCUT2D eigenvalue weighted by molar-refractivity contribution is 7.18. The summed E-state index contributed by atoms with van der Waals surface area (Å²) in [6.45, 7) is 5.04. The lowest BCUT2D eigenvalue weighted by Gasteiger charge is -2.10. The fourth-order valence-corrected chi connectivity index (χ4v) is 4.63. The van der Waals surface area contributed by atoms with Gasteiger partial charge in [0.25, 0.3) is 11.8 Å². The predicted octanol–water partition coefficient (Wildman–Crippen LogP) is 4.83. The summed E-state index contributed by atoms with van der Waals surface area (Å²) in [6.07, 6.45) is 1.25. The van der Waals surface area contributed by atoms with Crippen LogP contribution in [0.25, 0.3) is 16.9 Å². The molecule has 178 valence electrons. The van der Waals surface area contributed by atoms with Crippen LogP contribution in [-0.2, 0) is 4.74 Å². The number of esters is 1. The molecule has 9 heteroatoms. The molecule has 0 bridgehead atoms. The van der Waals surface area contributed by atoms with Crippen molar-refractivity contribution in [2.45, 2.75) is 26.9 Å². The van der Waals surface area contributed by atoms with Gasteiger partial charge in [-0.1, -0.05) is 48.5 Å². The summed E-state index contributed by atoms with van der Waals surface area (Å²) in [6, 6.07) is 18.7. The number of anilines is 1. The number of para-hydroxylation sites is 1. The zero-order valence-corrected chi connectivity index (χ0v) is 20.3. The van der Waals surface area contributed by atoms with Crippen LogP contribution in [-0.4, -0.2) is 33.7 Å². The number of primary amides is 1. The van der Waals surface area contributed by atoms with E-state index in [1.54, 1.807) is 31.6 Å². The molecule has 35 heavy (non-hydrogen) atoms. The largest absolute Gasteiger partial charge is 0.459 e. The molecule has 0 saturated carbocycles. The van der Waals surface area contributed by atoms with Gasteiger partial charge in [-0.05, 0) is 38.5 Å². The van der Waals surface area contributed by atoms with E-state index in [0.29, 0.717) is 16.8 Å². The van der Waals surface area contributed by atoms with Gasteiger partial charge in [-0.3, -0.25) is 9.59 Å². The molecule has 0 fully saturated rings. The smallest absolute Gasteiger partial charge is 0.341 e. The highest BCUT2D eigenvalue weighted by Crippen LogP contribution is 2.35. The molecule has 8 nitrogen and oxygen atoms in total. The Morgan fingerprint density at radius 2 is 1.66 bits per heavy atom. The SMILES string of the molecule is Cc1c(C(N)=O)sc(NC(=O)c2cn(-c3ccccc3)nc2-c2ccccc2)c1C(=O)OC(C)C. The lowest BCUT2D eigenvalue weighted by molar-refractivity contribution is 0.0379. The molecule has 0 aliphatic carbocycles. The molecule has 0 radical (unpaired) electrons. The summed E-state index contributed by atoms with van der Waals surface area (Å²) < 4.78 is 6.97. The number of hydrogen-bond donors (Lipinski definition) is 2. The first kappa shape index (κ1) is 23.9. The summed E-state index contributed by atoms with van der Waals surface area (Å²) >= 11 is 0.943. The van der Waals surface area contributed by atoms with Gasteiger partial charge in [-0.25, -0.2) is 9.48 Å². The highest BCUT2D eigenvalue weighted by atomic mass is 32.1. The van der Waals surface area contributed by atoms with Crippen molar-refractivity contribution < 1.29 is 19.1 Å². The van der Waals surface area contributed by atoms with Crippen molar-refractivity contribution in [3.63, 3.8) is 0 Å². The van der Waals surface area contributed by atoms with Crippen LogP contribution in [0.3, 0.4) is 0 Å². The minimum atomic E-state index is -0.687. The molecule has 2 heterocycles. The Bertz CT molecular complexity index is 1390. The summed E-state index contributed by atoms with van der Waals surface area (Å²) in [5.74, 6) is -1.81. The summed E-state index contributed by atoms with van der Waals surface area (Å²) in [4.78, 5) is 38.4. The topological polar surface area (TPSA) is 116 Å². The Morgan fingerprint density at radius 3 is 2.26 bits per heavy atom. The van der Waals surface area contributed by atoms with Crippen molar-refractivity contribution >= 4 is 34.1 Å². The summed E-state index contributed by atoms with van der Waals surface area (Å²) in [5, 5.41) is 7.64. The number of hydrogen-bond acceptors (Lipinski definition) is 6. The second-order valence-electron chi connectivity index (χ2n) is 8.07. The Labute approximate surface area is 206 Å². The van der Waals surface area contributed by atoms with Crippen LogP contribution in [0.2, 0.25) is 0 Å². The fraction of sp³-hybridized carbons (Fsp3) is 0.154. The molecule has 2 aromatic heterocycles. The van der Waals surface area contributed by atoms with Gasteiger partial charge in [0.15, 0.2) is 0 Å². The fourth-order valence-electron chi connectivity index (χ4n) is 3.59. The second kappa shape index (κ2) is 9.94. The van der Waals surface area contributed by atoms with Crippen molar-refractivity contribution in [2.75, 3.05) is 5.32 Å². The minimum Gasteiger partial charge on any atom is -0.459 e. The van der Waals surface area contributed by atoms with Crippen LogP contribution < -0.4 is 11.1 Å². The average molecular weight is 489 g/mol. The van der Waals surface area contributed by atoms with Gasteiger partial charge in [0.2, 0.25) is 0 Å². The third-order valence-electron chi connectivity index (χ3n) is 5.17. The van der Waals surface area contributed by atoms with E-state index >= 15 is 0 Å². The first-order valence-electron chi connectivity index (χ1n) is 10.9. The molecular formula is C26H24N4O4S. The van der Waals surface area contributed by atoms with Gasteiger partial charge in [-0.15, -0.1) is 11.3 Å². The number of carbonyl (C=O) groups excluding carboxylic acids is 3. The lowest BCUT2D eigenvalue weighted by atomic mass is 10.1. The number of rotatable bonds is 7. The summed E-state index contributed by atoms with van der Waals surface area (Å²) in [5.41, 5.74) is 8.30. The Morgan fingerprint density at radius 1 is 1.03 bits per heavy atom. The van der Waals surface area contributed by atoms with Crippen molar-refractivity contribution in [1.29, 1.82) is 0 Å². The molecule has 0 spiro atoms. The number of ether oxygens (including phenoxy) is 1. The van der Waals surface area contributed by atoms with Crippen LogP contribution in [0, 0.1) is 6.92 Å². The third-order valence-corrected chi connectivity index (χ3v) is 6.39. The normalized spacial score (nSPS) is 10.9. The Hall–Kier alpha value is -4.24. The van der Waals surface area contributed by atoms with Gasteiger partial charge in [-0.2, -0.15) is 5.10 Å². The molecule has 2 amide bonds. The Kier molecular flexibility index (Phi) is 6.79. The monoisotopic (exact) mass is 488 g/mol. The number of nitrogens with one attached hydrogen (secondary N) is 1. The van der Waals surface area contributed by atoms with Crippen molar-refractivity contribution in [3.8, 4) is 16.9 Å². The molecule has 0 unspecified atom stereocenters. The van der Waals surface area contributed by atoms with E-state index in [0.717, 1.165) is 22.6 Å². The van der Waals surface area contributed by atoms with E-state index in [1.807, 2.05) is 60.7 Å². The van der Waals surface area contributed by atoms with E-state index in [4.69, 9.17) is 10.5 Å². The molecule has 0 atom stereocenters. The Balaban J connectivity index is 1.78. The molecular weight excluding hydrogens is 464 g/mol. The molecule has 3 N–H and O–H groups in total. The van der Waals surface area contributed by atoms with Crippen molar-refractivity contribution in [3.05, 3.63) is 88.4 Å². The number of nitrogens with two attached hydrogens (primary N) is 1. The van der Waals surface area contributed by atoms with E-state index in [9.17, 15) is 14.4 Å². The van der Waals surface area contributed by atoms with Crippen LogP contribution >= 0.6 is 11.3 Å². The van der Waals surface area contributed by atoms with Gasteiger partial charge < -0.3 is 15.8 Å². The first-order valence-corrected chi connectivity index (χ1v) is 11.7. The van der Waals surface area contributed by atoms with Crippen molar-refractivity contribution in [1.82, 2.24) is 9.78 Å². The zero-order chi connectivity index (χ0) is 25.1. The molecule has 0 aliphatic rings. The quantitative estimate of drug-likeness (QED) is 0.362. The number of carbonyl (C=O) groups is 3. The zero-order valence-electron chi connectivity index (χ0n) is 19.4. The van der Waals surface area contributed by atoms with Gasteiger partial charge >= 0.3 is 5.97 Å². The van der Waals surface area contributed by atoms with Crippen molar-refractivity contribution in [2.24, 2.45) is 5.73 Å². The van der Waals surface area contributed by atoms with E-state index in [1.165, 1.54) is 0 Å². The van der Waals surface area contributed by atoms with E-state index in [-0.39, 0.29) is 21.5 Å². The standard InChI is InChI=1S/C26H24N4O4S/c1-15(2)34-26(33)20-16(3)22(23(27)31)35-25(20)28-24(32)19-14-30(18-12-8-5-9-13-18)29-21(19)17-10-6-4-7-11-17/h4-15H,1-3H3,(H2,27,31)(H,28,32). The number of thiophene rings is 1. The maximum atomic E-state index is 13.5. The lowest BCUT2D eigenvalue weighted by Crippen LogP contribution is -2.17. The number of nitrogens with zero attached hydrogens (tertiary/aromatic N) is 2. The highest BCUT2D eigenvalue weighted by Gasteiger charge is 2.28. The van der Waals surface area contributed by atoms with Gasteiger partial charge in [0.05, 0.1) is 27.8 Å². The van der Waals surface area contributed by atoms with Crippen LogP contribution in [0.4, 0.5) is 5.00 Å². The average Bonchev–Trinajstić information content (AvgIpc) is 3.42. The molecule has 0 saturated heterocycles. The minimum absolute atomic E-state index is 0.113. The van der Waals surface area contributed by atoms with E-state index in [2.05, 4.69) is 10.4 Å². The number of amides is 2. The second-order valence-corrected chi connectivity index (χ2v) is 9.09. The van der Waals surface area contributed by atoms with Crippen LogP contribution in [0.5, 0.6) is 0 Å². The summed E-state index contributed by atoms with van der Waals surface area (Å²) in [7, 11) is 0. The third kappa shape index (κ3) is 4.99. The maximum Gasteiger partial charge on any atom is 0.341 e. The van der Waals surface area contributed by atoms with Crippen LogP contribution in [0.1, 0.15) is 49.8 Å². The number of aromatic nitrogens is 2. The molecule has 4 aromatic rings. The van der Waals surface area contributed by atoms with Gasteiger partial charge in [0.1, 0.15) is 10.7 Å². The molecule has 4 rings (SSSR count). The van der Waals surface area contributed by atoms with E-state index < -0.39 is 17.8 Å². The van der Waals surface area contributed by atoms with Crippen LogP contribution in [0.15, 0.2) is 66.9 Å². The molecule has 0 aliphatic heterocycles. The number of benzene rings is 2. The maximum absolute atomic E-state index is 13.5. The molecule has 2 aromatic carbocycles. The predicted molar refractivity (Wildman–Crippen MR) is 135 cm³/mol. The van der Waals surface area contributed by atoms with Gasteiger partial charge in [0, 0.05) is 11.8 Å².